The van der Waals surface area contributed by atoms with E-state index in [4.69, 9.17) is 46.4 Å². The minimum Gasteiger partial charge on any atom is -0.143 e. The van der Waals surface area contributed by atoms with Crippen LogP contribution >= 0.6 is 160 Å². The lowest BCUT2D eigenvalue weighted by molar-refractivity contribution is 1.19. The van der Waals surface area contributed by atoms with Crippen LogP contribution in [0.4, 0.5) is 0 Å². The Balaban J connectivity index is 0.000000375. The van der Waals surface area contributed by atoms with E-state index in [1.807, 2.05) is 104 Å². The molecule has 0 amide bonds. The highest BCUT2D eigenvalue weighted by molar-refractivity contribution is 7.31. The molecule has 0 aliphatic heterocycles. The highest BCUT2D eigenvalue weighted by Crippen LogP contribution is 2.41. The lowest BCUT2D eigenvalue weighted by atomic mass is 10.3. The zero-order chi connectivity index (χ0) is 48.1. The van der Waals surface area contributed by atoms with Crippen LogP contribution in [-0.4, -0.2) is 0 Å². The van der Waals surface area contributed by atoms with Crippen LogP contribution in [0.2, 0.25) is 17.3 Å². The van der Waals surface area contributed by atoms with E-state index in [2.05, 4.69) is 89.7 Å². The standard InChI is InChI=1S/C10H12S2.C8H7ClS2.3C7H5ClS2.5C2H6/c1-4-8-5-9-10(12-8)6(2)7(3)11-9;1-4-3-10-7-5(2)8(9)11-6(4)7;1-4-3-9-5-2-6(8)10-7(4)5;1-4-2-5-6(9-4)3-7(8)10-5;1-4-6-5(2-3-9-6)10-7(4)8;5*1-2/h5H,4H2,1-3H3;3H,1-2H3;3*2-3H,1H3;5*1-2H3. The van der Waals surface area contributed by atoms with E-state index >= 15 is 0 Å². The molecule has 14 heteroatoms. The van der Waals surface area contributed by atoms with Crippen LogP contribution in [0.5, 0.6) is 0 Å². The monoisotopic (exact) mass is 1110 g/mol. The van der Waals surface area contributed by atoms with Crippen molar-refractivity contribution in [3.05, 3.63) is 106 Å². The van der Waals surface area contributed by atoms with Gasteiger partial charge in [-0.15, -0.1) is 113 Å². The smallest absolute Gasteiger partial charge is 0.0978 e. The van der Waals surface area contributed by atoms with Gasteiger partial charge in [-0.1, -0.05) is 123 Å². The average Bonchev–Trinajstić information content (AvgIpc) is 4.19. The molecule has 0 saturated carbocycles. The molecule has 10 aromatic heterocycles. The minimum absolute atomic E-state index is 0.890. The highest BCUT2D eigenvalue weighted by Gasteiger charge is 2.10. The molecule has 0 aliphatic carbocycles. The van der Waals surface area contributed by atoms with Gasteiger partial charge in [-0.3, -0.25) is 0 Å². The molecule has 0 fully saturated rings. The van der Waals surface area contributed by atoms with Crippen molar-refractivity contribution in [2.75, 3.05) is 0 Å². The van der Waals surface area contributed by atoms with Gasteiger partial charge in [0.2, 0.25) is 0 Å². The topological polar surface area (TPSA) is 0 Å². The Morgan fingerprint density at radius 2 is 0.952 bits per heavy atom. The van der Waals surface area contributed by atoms with E-state index in [1.165, 1.54) is 95.9 Å². The zero-order valence-electron chi connectivity index (χ0n) is 39.9. The fourth-order valence-electron chi connectivity index (χ4n) is 5.16. The molecule has 63 heavy (non-hydrogen) atoms. The van der Waals surface area contributed by atoms with Gasteiger partial charge in [0, 0.05) is 61.6 Å². The summed E-state index contributed by atoms with van der Waals surface area (Å²) < 4.78 is 17.3. The Morgan fingerprint density at radius 1 is 0.413 bits per heavy atom. The zero-order valence-corrected chi connectivity index (χ0v) is 51.1. The van der Waals surface area contributed by atoms with E-state index in [0.29, 0.717) is 0 Å². The summed E-state index contributed by atoms with van der Waals surface area (Å²) >= 11 is 41.2. The quantitative estimate of drug-likeness (QED) is 0.154. The molecule has 10 aromatic rings. The van der Waals surface area contributed by atoms with Crippen molar-refractivity contribution in [1.29, 1.82) is 0 Å². The normalized spacial score (nSPS) is 9.81. The lowest BCUT2D eigenvalue weighted by Crippen LogP contribution is -1.67. The molecule has 0 bridgehead atoms. The van der Waals surface area contributed by atoms with Crippen LogP contribution in [-0.2, 0) is 6.42 Å². The van der Waals surface area contributed by atoms with Crippen LogP contribution in [0.15, 0.2) is 46.5 Å². The van der Waals surface area contributed by atoms with Crippen molar-refractivity contribution in [1.82, 2.24) is 0 Å². The summed E-state index contributed by atoms with van der Waals surface area (Å²) in [6, 6.07) is 10.7. The van der Waals surface area contributed by atoms with Crippen molar-refractivity contribution in [3.8, 4) is 0 Å². The fraction of sp³-hybridized carbons (Fsp3) is 0.388. The molecule has 0 aromatic carbocycles. The van der Waals surface area contributed by atoms with Crippen molar-refractivity contribution in [3.63, 3.8) is 0 Å². The summed E-state index contributed by atoms with van der Waals surface area (Å²) in [6.07, 6.45) is 1.17. The first kappa shape index (κ1) is 60.5. The van der Waals surface area contributed by atoms with Gasteiger partial charge >= 0.3 is 0 Å². The third kappa shape index (κ3) is 16.9. The molecule has 0 unspecified atom stereocenters. The molecule has 10 rings (SSSR count). The first-order chi connectivity index (χ1) is 30.2. The molecule has 0 aliphatic rings. The molecule has 0 spiro atoms. The van der Waals surface area contributed by atoms with Crippen LogP contribution < -0.4 is 0 Å². The third-order valence-electron chi connectivity index (χ3n) is 8.13. The SMILES string of the molecule is CC.CC.CC.CC.CC.CCc1cc2sc(C)c(C)c2s1.Cc1c(Cl)sc2ccsc12.Cc1cc2sc(Cl)cc2s1.Cc1csc2c(C)c(Cl)sc12.Cc1csc2cc(Cl)sc12. The highest BCUT2D eigenvalue weighted by atomic mass is 35.5. The van der Waals surface area contributed by atoms with Crippen LogP contribution in [0.1, 0.15) is 119 Å². The van der Waals surface area contributed by atoms with Gasteiger partial charge < -0.3 is 0 Å². The van der Waals surface area contributed by atoms with Crippen LogP contribution in [0.25, 0.3) is 47.0 Å². The summed E-state index contributed by atoms with van der Waals surface area (Å²) in [4.78, 5) is 4.34. The molecular weight excluding hydrogens is 1050 g/mol. The second kappa shape index (κ2) is 31.5. The maximum absolute atomic E-state index is 5.99. The summed E-state index contributed by atoms with van der Waals surface area (Å²) in [6.45, 7) is 37.2. The van der Waals surface area contributed by atoms with E-state index in [1.54, 1.807) is 90.7 Å². The number of halogens is 4. The second-order valence-corrected chi connectivity index (χ2v) is 25.1. The number of hydrogen-bond donors (Lipinski definition) is 0. The fourth-order valence-corrected chi connectivity index (χ4v) is 17.7. The Labute approximate surface area is 439 Å². The molecule has 0 N–H and O–H groups in total. The maximum atomic E-state index is 5.99. The molecule has 0 nitrogen and oxygen atoms in total. The van der Waals surface area contributed by atoms with Gasteiger partial charge in [0.1, 0.15) is 0 Å². The van der Waals surface area contributed by atoms with Crippen molar-refractivity contribution in [2.45, 2.75) is 131 Å². The largest absolute Gasteiger partial charge is 0.143 e. The van der Waals surface area contributed by atoms with E-state index < -0.39 is 0 Å². The van der Waals surface area contributed by atoms with Gasteiger partial charge in [0.05, 0.1) is 17.3 Å². The first-order valence-corrected chi connectivity index (χ1v) is 31.1. The first-order valence-electron chi connectivity index (χ1n) is 21.3. The molecule has 0 atom stereocenters. The summed E-state index contributed by atoms with van der Waals surface area (Å²) in [5.74, 6) is 0. The number of rotatable bonds is 1. The maximum Gasteiger partial charge on any atom is 0.0978 e. The van der Waals surface area contributed by atoms with Gasteiger partial charge in [0.15, 0.2) is 0 Å². The van der Waals surface area contributed by atoms with E-state index in [9.17, 15) is 0 Å². The van der Waals surface area contributed by atoms with Gasteiger partial charge in [-0.25, -0.2) is 0 Å². The van der Waals surface area contributed by atoms with Gasteiger partial charge in [-0.2, -0.15) is 0 Å². The van der Waals surface area contributed by atoms with Crippen LogP contribution in [0, 0.1) is 48.5 Å². The number of aryl methyl sites for hydroxylation is 8. The van der Waals surface area contributed by atoms with Gasteiger partial charge in [0.25, 0.3) is 0 Å². The van der Waals surface area contributed by atoms with Crippen molar-refractivity contribution < 1.29 is 0 Å². The van der Waals surface area contributed by atoms with E-state index in [0.717, 1.165) is 17.3 Å². The van der Waals surface area contributed by atoms with Crippen LogP contribution in [0.3, 0.4) is 0 Å². The molecule has 0 saturated heterocycles. The van der Waals surface area contributed by atoms with Gasteiger partial charge in [-0.05, 0) is 129 Å². The Morgan fingerprint density at radius 3 is 1.51 bits per heavy atom. The number of hydrogen-bond acceptors (Lipinski definition) is 10. The minimum atomic E-state index is 0.890. The Hall–Kier alpha value is -0.540. The third-order valence-corrected chi connectivity index (χ3v) is 21.5. The van der Waals surface area contributed by atoms with Crippen molar-refractivity contribution in [2.24, 2.45) is 0 Å². The summed E-state index contributed by atoms with van der Waals surface area (Å²) in [7, 11) is 0. The second-order valence-electron chi connectivity index (χ2n) is 12.0. The predicted octanol–water partition coefficient (Wildman–Crippen LogP) is 25.3. The molecule has 348 valence electrons. The Kier molecular flexibility index (Phi) is 30.2. The molecular formula is C49H64Cl4S10. The average molecular weight is 1120 g/mol. The summed E-state index contributed by atoms with van der Waals surface area (Å²) in [5.41, 5.74) is 6.66. The predicted molar refractivity (Wildman–Crippen MR) is 318 cm³/mol. The Bertz CT molecular complexity index is 2700. The number of thiophene rings is 10. The van der Waals surface area contributed by atoms with Crippen molar-refractivity contribution >= 4 is 207 Å². The molecule has 0 radical (unpaired) electrons. The van der Waals surface area contributed by atoms with E-state index in [-0.39, 0.29) is 0 Å². The summed E-state index contributed by atoms with van der Waals surface area (Å²) in [5, 5.41) is 6.45. The number of fused-ring (bicyclic) bond motifs is 5. The lowest BCUT2D eigenvalue weighted by Gasteiger charge is -1.87. The molecule has 10 heterocycles.